The van der Waals surface area contributed by atoms with Gasteiger partial charge < -0.3 is 10.0 Å². The van der Waals surface area contributed by atoms with Crippen LogP contribution in [-0.2, 0) is 26.4 Å². The molecule has 13 heteroatoms. The first-order valence-electron chi connectivity index (χ1n) is 11.8. The number of halogens is 4. The van der Waals surface area contributed by atoms with Gasteiger partial charge in [-0.2, -0.15) is 17.5 Å². The molecule has 3 aromatic carbocycles. The van der Waals surface area contributed by atoms with Crippen molar-refractivity contribution < 1.29 is 35.3 Å². The van der Waals surface area contributed by atoms with E-state index in [4.69, 9.17) is 0 Å². The molecule has 0 aromatic heterocycles. The van der Waals surface area contributed by atoms with Gasteiger partial charge in [-0.05, 0) is 61.0 Å². The number of alkyl halides is 3. The first-order chi connectivity index (χ1) is 18.2. The van der Waals surface area contributed by atoms with Gasteiger partial charge in [-0.25, -0.2) is 12.8 Å². The monoisotopic (exact) mass is 602 g/mol. The van der Waals surface area contributed by atoms with Gasteiger partial charge in [0.15, 0.2) is 5.60 Å². The van der Waals surface area contributed by atoms with Crippen LogP contribution < -0.4 is 4.90 Å². The first-order valence-corrected chi connectivity index (χ1v) is 15.0. The van der Waals surface area contributed by atoms with Crippen LogP contribution in [0.2, 0.25) is 0 Å². The molecule has 0 spiro atoms. The molecule has 3 aromatic rings. The Hall–Kier alpha value is -2.45. The number of rotatable bonds is 7. The lowest BCUT2D eigenvalue weighted by Gasteiger charge is -2.42. The van der Waals surface area contributed by atoms with Crippen LogP contribution in [-0.4, -0.2) is 59.6 Å². The van der Waals surface area contributed by atoms with Gasteiger partial charge in [-0.3, -0.25) is 4.21 Å². The van der Waals surface area contributed by atoms with E-state index in [9.17, 15) is 35.3 Å². The van der Waals surface area contributed by atoms with E-state index in [2.05, 4.69) is 12.6 Å². The van der Waals surface area contributed by atoms with E-state index >= 15 is 0 Å². The summed E-state index contributed by atoms with van der Waals surface area (Å²) in [6.45, 7) is 0.833. The fraction of sp³-hybridized carbons (Fsp3) is 0.308. The summed E-state index contributed by atoms with van der Waals surface area (Å²) in [4.78, 5) is 2.44. The van der Waals surface area contributed by atoms with E-state index in [1.807, 2.05) is 0 Å². The molecular formula is C26H26F4N2O4S3. The van der Waals surface area contributed by atoms with Gasteiger partial charge in [0.1, 0.15) is 5.82 Å². The second-order valence-electron chi connectivity index (χ2n) is 9.26. The van der Waals surface area contributed by atoms with Crippen LogP contribution in [0.4, 0.5) is 23.2 Å². The van der Waals surface area contributed by atoms with Crippen molar-refractivity contribution in [3.63, 3.8) is 0 Å². The van der Waals surface area contributed by atoms with Crippen molar-refractivity contribution in [1.82, 2.24) is 4.31 Å². The van der Waals surface area contributed by atoms with Crippen molar-refractivity contribution in [3.8, 4) is 0 Å². The maximum Gasteiger partial charge on any atom is 0.421 e. The van der Waals surface area contributed by atoms with Crippen LogP contribution in [0, 0.1) is 5.82 Å². The number of anilines is 1. The Labute approximate surface area is 232 Å². The molecule has 6 nitrogen and oxygen atoms in total. The molecule has 1 heterocycles. The van der Waals surface area contributed by atoms with Crippen molar-refractivity contribution in [1.29, 1.82) is 0 Å². The summed E-state index contributed by atoms with van der Waals surface area (Å²) in [5.74, 6) is -0.519. The minimum atomic E-state index is -4.88. The zero-order valence-corrected chi connectivity index (χ0v) is 23.2. The standard InChI is InChI=1S/C26H26F4N2O4S3/c1-25(33,26(28,29)30)18-6-10-20(11-7-18)32-15-14-31(39(35,36)24-5-3-2-4-23(24)37)16-21(32)17-38(34)22-12-8-19(27)9-13-22/h2-13,21,33,37H,14-17H2,1H3/t21-,25+,38-/m1/s1. The highest BCUT2D eigenvalue weighted by Crippen LogP contribution is 2.39. The number of hydrogen-bond acceptors (Lipinski definition) is 6. The smallest absolute Gasteiger partial charge is 0.376 e. The Balaban J connectivity index is 1.65. The van der Waals surface area contributed by atoms with Gasteiger partial charge in [0.25, 0.3) is 0 Å². The van der Waals surface area contributed by atoms with Crippen molar-refractivity contribution >= 4 is 39.1 Å². The van der Waals surface area contributed by atoms with Crippen LogP contribution in [0.25, 0.3) is 0 Å². The van der Waals surface area contributed by atoms with E-state index in [0.29, 0.717) is 17.5 Å². The molecule has 1 N–H and O–H groups in total. The van der Waals surface area contributed by atoms with Crippen LogP contribution in [0.5, 0.6) is 0 Å². The Kier molecular flexibility index (Phi) is 8.48. The molecule has 0 amide bonds. The molecule has 0 aliphatic carbocycles. The highest BCUT2D eigenvalue weighted by Gasteiger charge is 2.51. The van der Waals surface area contributed by atoms with Gasteiger partial charge in [0.2, 0.25) is 10.0 Å². The number of benzene rings is 3. The summed E-state index contributed by atoms with van der Waals surface area (Å²) in [7, 11) is -5.59. The largest absolute Gasteiger partial charge is 0.421 e. The summed E-state index contributed by atoms with van der Waals surface area (Å²) in [5.41, 5.74) is -2.93. The van der Waals surface area contributed by atoms with Crippen LogP contribution >= 0.6 is 12.6 Å². The Morgan fingerprint density at radius 2 is 1.62 bits per heavy atom. The second-order valence-corrected chi connectivity index (χ2v) is 13.1. The number of nitrogens with zero attached hydrogens (tertiary/aromatic N) is 2. The zero-order chi connectivity index (χ0) is 28.6. The highest BCUT2D eigenvalue weighted by atomic mass is 32.2. The van der Waals surface area contributed by atoms with Gasteiger partial charge in [-0.1, -0.05) is 24.3 Å². The predicted octanol–water partition coefficient (Wildman–Crippen LogP) is 4.57. The summed E-state index contributed by atoms with van der Waals surface area (Å²) >= 11 is 4.28. The summed E-state index contributed by atoms with van der Waals surface area (Å²) in [6.07, 6.45) is -4.88. The molecule has 210 valence electrons. The van der Waals surface area contributed by atoms with Crippen LogP contribution in [0.15, 0.2) is 87.5 Å². The lowest BCUT2D eigenvalue weighted by atomic mass is 9.95. The molecule has 3 atom stereocenters. The van der Waals surface area contributed by atoms with E-state index in [0.717, 1.165) is 12.1 Å². The third kappa shape index (κ3) is 6.17. The number of aliphatic hydroxyl groups is 1. The van der Waals surface area contributed by atoms with Crippen molar-refractivity contribution in [2.75, 3.05) is 30.3 Å². The van der Waals surface area contributed by atoms with Crippen molar-refractivity contribution in [2.45, 2.75) is 39.4 Å². The quantitative estimate of drug-likeness (QED) is 0.306. The molecule has 0 bridgehead atoms. The van der Waals surface area contributed by atoms with Crippen molar-refractivity contribution in [3.05, 3.63) is 84.2 Å². The average Bonchev–Trinajstić information content (AvgIpc) is 2.88. The Bertz CT molecular complexity index is 1450. The van der Waals surface area contributed by atoms with E-state index in [1.54, 1.807) is 23.1 Å². The predicted molar refractivity (Wildman–Crippen MR) is 143 cm³/mol. The summed E-state index contributed by atoms with van der Waals surface area (Å²) < 4.78 is 94.7. The average molecular weight is 603 g/mol. The SMILES string of the molecule is C[C@](O)(c1ccc(N2CCN(S(=O)(=O)c3ccccc3S)C[C@@H]2C[S@@](=O)c2ccc(F)cc2)cc1)C(F)(F)F. The van der Waals surface area contributed by atoms with E-state index < -0.39 is 44.5 Å². The van der Waals surface area contributed by atoms with Crippen LogP contribution in [0.1, 0.15) is 12.5 Å². The number of piperazine rings is 1. The lowest BCUT2D eigenvalue weighted by Crippen LogP contribution is -2.56. The second kappa shape index (κ2) is 11.2. The fourth-order valence-corrected chi connectivity index (χ4v) is 7.67. The van der Waals surface area contributed by atoms with Crippen molar-refractivity contribution in [2.24, 2.45) is 0 Å². The Morgan fingerprint density at radius 3 is 2.21 bits per heavy atom. The molecule has 1 aliphatic rings. The zero-order valence-electron chi connectivity index (χ0n) is 20.7. The third-order valence-corrected chi connectivity index (χ3v) is 10.6. The molecule has 1 fully saturated rings. The molecule has 1 aliphatic heterocycles. The first kappa shape index (κ1) is 29.5. The van der Waals surface area contributed by atoms with Gasteiger partial charge in [0, 0.05) is 40.9 Å². The Morgan fingerprint density at radius 1 is 1.00 bits per heavy atom. The summed E-state index contributed by atoms with van der Waals surface area (Å²) in [5, 5.41) is 10.0. The van der Waals surface area contributed by atoms with E-state index in [1.165, 1.54) is 46.8 Å². The van der Waals surface area contributed by atoms with Gasteiger partial charge in [0.05, 0.1) is 21.7 Å². The van der Waals surface area contributed by atoms with Gasteiger partial charge in [-0.15, -0.1) is 12.6 Å². The fourth-order valence-electron chi connectivity index (χ4n) is 4.34. The summed E-state index contributed by atoms with van der Waals surface area (Å²) in [6, 6.07) is 15.9. The van der Waals surface area contributed by atoms with E-state index in [-0.39, 0.29) is 40.7 Å². The number of sulfonamides is 1. The normalized spacial score (nSPS) is 19.5. The van der Waals surface area contributed by atoms with Gasteiger partial charge >= 0.3 is 6.18 Å². The minimum absolute atomic E-state index is 0.0256. The number of thiol groups is 1. The minimum Gasteiger partial charge on any atom is -0.376 e. The molecular weight excluding hydrogens is 576 g/mol. The lowest BCUT2D eigenvalue weighted by molar-refractivity contribution is -0.258. The third-order valence-electron chi connectivity index (χ3n) is 6.66. The molecule has 0 unspecified atom stereocenters. The maximum atomic E-state index is 13.4. The molecule has 39 heavy (non-hydrogen) atoms. The highest BCUT2D eigenvalue weighted by molar-refractivity contribution is 7.90. The molecule has 0 radical (unpaired) electrons. The van der Waals surface area contributed by atoms with Crippen LogP contribution in [0.3, 0.4) is 0 Å². The molecule has 1 saturated heterocycles. The number of hydrogen-bond donors (Lipinski definition) is 2. The molecule has 4 rings (SSSR count). The molecule has 0 saturated carbocycles. The maximum absolute atomic E-state index is 13.4. The topological polar surface area (TPSA) is 77.9 Å².